The molecule has 2 N–H and O–H groups in total. The first-order chi connectivity index (χ1) is 15.2. The van der Waals surface area contributed by atoms with Crippen LogP contribution >= 0.6 is 0 Å². The van der Waals surface area contributed by atoms with Crippen molar-refractivity contribution in [1.82, 2.24) is 15.0 Å². The van der Waals surface area contributed by atoms with E-state index in [0.717, 1.165) is 23.6 Å². The summed E-state index contributed by atoms with van der Waals surface area (Å²) in [4.78, 5) is 25.6. The van der Waals surface area contributed by atoms with Gasteiger partial charge in [0.05, 0.1) is 5.56 Å². The minimum Gasteiger partial charge on any atom is -0.479 e. The van der Waals surface area contributed by atoms with Crippen LogP contribution in [0.3, 0.4) is 0 Å². The molecule has 0 radical (unpaired) electrons. The number of anilines is 2. The summed E-state index contributed by atoms with van der Waals surface area (Å²) in [6.07, 6.45) is 5.19. The van der Waals surface area contributed by atoms with Crippen molar-refractivity contribution >= 4 is 39.4 Å². The summed E-state index contributed by atoms with van der Waals surface area (Å²) in [5.41, 5.74) is 1.86. The number of nitrogens with zero attached hydrogens (tertiary/aromatic N) is 4. The molecule has 1 aliphatic carbocycles. The number of aromatic nitrogens is 3. The lowest BCUT2D eigenvalue weighted by Gasteiger charge is -2.10. The van der Waals surface area contributed by atoms with Crippen LogP contribution in [-0.4, -0.2) is 34.5 Å². The fraction of sp³-hybridized carbons (Fsp3) is 0.227. The highest BCUT2D eigenvalue weighted by Gasteiger charge is 2.30. The summed E-state index contributed by atoms with van der Waals surface area (Å²) in [5.74, 6) is 2.13. The number of hydrogen-bond donors (Lipinski definition) is 2. The number of ether oxygens (including phenoxy) is 1. The van der Waals surface area contributed by atoms with Crippen LogP contribution < -0.4 is 15.4 Å². The first kappa shape index (κ1) is 18.8. The number of benzene rings is 1. The average molecular weight is 414 g/mol. The number of fused-ring (bicyclic) bond motifs is 2. The average Bonchev–Trinajstić information content (AvgIpc) is 3.56. The number of carbonyl (C=O) groups excluding carboxylic acids is 1. The fourth-order valence-corrected chi connectivity index (χ4v) is 3.37. The van der Waals surface area contributed by atoms with E-state index in [1.165, 1.54) is 0 Å². The van der Waals surface area contributed by atoms with E-state index in [9.17, 15) is 4.79 Å². The van der Waals surface area contributed by atoms with Crippen LogP contribution in [0.25, 0.3) is 33.3 Å². The van der Waals surface area contributed by atoms with Crippen LogP contribution in [0.1, 0.15) is 12.8 Å². The molecule has 3 aromatic heterocycles. The van der Waals surface area contributed by atoms with E-state index in [-0.39, 0.29) is 18.4 Å². The van der Waals surface area contributed by atoms with E-state index in [2.05, 4.69) is 25.6 Å². The van der Waals surface area contributed by atoms with E-state index in [4.69, 9.17) is 14.4 Å². The van der Waals surface area contributed by atoms with Crippen molar-refractivity contribution in [3.8, 4) is 23.3 Å². The molecule has 154 valence electrons. The Hall–Kier alpha value is -4.19. The largest absolute Gasteiger partial charge is 0.479 e. The second kappa shape index (κ2) is 7.57. The molecule has 0 spiro atoms. The van der Waals surface area contributed by atoms with Crippen molar-refractivity contribution in [3.05, 3.63) is 36.7 Å². The molecular weight excluding hydrogens is 396 g/mol. The third kappa shape index (κ3) is 3.59. The Bertz CT molecular complexity index is 1350. The molecule has 5 rings (SSSR count). The molecule has 0 bridgehead atoms. The number of oxazole rings is 1. The predicted molar refractivity (Wildman–Crippen MR) is 115 cm³/mol. The van der Waals surface area contributed by atoms with Crippen molar-refractivity contribution in [2.75, 3.05) is 24.3 Å². The summed E-state index contributed by atoms with van der Waals surface area (Å²) in [5, 5.41) is 16.2. The molecule has 1 fully saturated rings. The fourth-order valence-electron chi connectivity index (χ4n) is 3.37. The van der Waals surface area contributed by atoms with Crippen molar-refractivity contribution in [3.63, 3.8) is 0 Å². The Kier molecular flexibility index (Phi) is 4.59. The number of nitriles is 1. The van der Waals surface area contributed by atoms with Gasteiger partial charge in [0.25, 0.3) is 0 Å². The first-order valence-corrected chi connectivity index (χ1v) is 9.84. The molecule has 9 nitrogen and oxygen atoms in total. The van der Waals surface area contributed by atoms with Crippen molar-refractivity contribution in [1.29, 1.82) is 5.26 Å². The molecule has 4 aromatic rings. The van der Waals surface area contributed by atoms with Gasteiger partial charge in [-0.3, -0.25) is 4.79 Å². The maximum atomic E-state index is 12.2. The maximum absolute atomic E-state index is 12.2. The Morgan fingerprint density at radius 1 is 1.26 bits per heavy atom. The highest BCUT2D eigenvalue weighted by Crippen LogP contribution is 2.35. The van der Waals surface area contributed by atoms with Crippen LogP contribution in [0.4, 0.5) is 11.6 Å². The third-order valence-corrected chi connectivity index (χ3v) is 5.10. The molecule has 31 heavy (non-hydrogen) atoms. The van der Waals surface area contributed by atoms with E-state index in [0.29, 0.717) is 39.9 Å². The molecule has 1 aromatic carbocycles. The topological polar surface area (TPSA) is 126 Å². The standard InChI is InChI=1S/C22H18N6O3/c1-24-20-15-10-25-19(28-21(29)12-2-3-12)9-14(15)16(11-26-20)22-27-17-8-13(30-7-6-23)4-5-18(17)31-22/h4-5,8-12H,2-3,7H2,1H3,(H,24,26)(H,25,28,29). The number of nitrogens with one attached hydrogen (secondary N) is 2. The molecule has 1 aliphatic rings. The highest BCUT2D eigenvalue weighted by molar-refractivity contribution is 6.03. The molecule has 0 aliphatic heterocycles. The molecule has 1 saturated carbocycles. The zero-order valence-electron chi connectivity index (χ0n) is 16.7. The number of hydrogen-bond acceptors (Lipinski definition) is 8. The SMILES string of the molecule is CNc1ncc(-c2nc3cc(OCC#N)ccc3o2)c2cc(NC(=O)C3CC3)ncc12. The zero-order chi connectivity index (χ0) is 21.4. The van der Waals surface area contributed by atoms with Crippen LogP contribution in [0.5, 0.6) is 5.75 Å². The Balaban J connectivity index is 1.59. The van der Waals surface area contributed by atoms with Crippen LogP contribution in [0.15, 0.2) is 41.1 Å². The molecule has 0 saturated heterocycles. The lowest BCUT2D eigenvalue weighted by molar-refractivity contribution is -0.117. The van der Waals surface area contributed by atoms with Crippen LogP contribution in [0.2, 0.25) is 0 Å². The van der Waals surface area contributed by atoms with E-state index in [1.807, 2.05) is 12.1 Å². The van der Waals surface area contributed by atoms with Crippen molar-refractivity contribution in [2.45, 2.75) is 12.8 Å². The predicted octanol–water partition coefficient (Wildman–Crippen LogP) is 3.73. The smallest absolute Gasteiger partial charge is 0.229 e. The summed E-state index contributed by atoms with van der Waals surface area (Å²) >= 11 is 0. The van der Waals surface area contributed by atoms with Gasteiger partial charge in [0.1, 0.15) is 29.0 Å². The number of carbonyl (C=O) groups is 1. The molecular formula is C22H18N6O3. The van der Waals surface area contributed by atoms with Gasteiger partial charge in [-0.1, -0.05) is 0 Å². The van der Waals surface area contributed by atoms with Crippen molar-refractivity contribution < 1.29 is 13.9 Å². The summed E-state index contributed by atoms with van der Waals surface area (Å²) in [6.45, 7) is -0.0430. The molecule has 0 atom stereocenters. The summed E-state index contributed by atoms with van der Waals surface area (Å²) in [7, 11) is 1.78. The van der Waals surface area contributed by atoms with Crippen molar-refractivity contribution in [2.24, 2.45) is 5.92 Å². The molecule has 9 heteroatoms. The van der Waals surface area contributed by atoms with E-state index < -0.39 is 0 Å². The Labute approximate surface area is 177 Å². The van der Waals surface area contributed by atoms with Gasteiger partial charge in [0, 0.05) is 42.2 Å². The lowest BCUT2D eigenvalue weighted by atomic mass is 10.1. The highest BCUT2D eigenvalue weighted by atomic mass is 16.5. The van der Waals surface area contributed by atoms with Gasteiger partial charge in [-0.2, -0.15) is 5.26 Å². The maximum Gasteiger partial charge on any atom is 0.229 e. The quantitative estimate of drug-likeness (QED) is 0.489. The monoisotopic (exact) mass is 414 g/mol. The number of amides is 1. The Morgan fingerprint density at radius 2 is 2.13 bits per heavy atom. The Morgan fingerprint density at radius 3 is 2.90 bits per heavy atom. The summed E-state index contributed by atoms with van der Waals surface area (Å²) < 4.78 is 11.3. The van der Waals surface area contributed by atoms with E-state index in [1.54, 1.807) is 37.6 Å². The van der Waals surface area contributed by atoms with Gasteiger partial charge in [0.2, 0.25) is 11.8 Å². The van der Waals surface area contributed by atoms with Gasteiger partial charge in [-0.25, -0.2) is 15.0 Å². The van der Waals surface area contributed by atoms with Gasteiger partial charge in [-0.15, -0.1) is 0 Å². The van der Waals surface area contributed by atoms with Gasteiger partial charge < -0.3 is 19.8 Å². The zero-order valence-corrected chi connectivity index (χ0v) is 16.7. The van der Waals surface area contributed by atoms with E-state index >= 15 is 0 Å². The third-order valence-electron chi connectivity index (χ3n) is 5.10. The minimum absolute atomic E-state index is 0.0111. The van der Waals surface area contributed by atoms with Gasteiger partial charge in [0.15, 0.2) is 12.2 Å². The normalized spacial score (nSPS) is 13.2. The van der Waals surface area contributed by atoms with Crippen LogP contribution in [-0.2, 0) is 4.79 Å². The lowest BCUT2D eigenvalue weighted by Crippen LogP contribution is -2.14. The van der Waals surface area contributed by atoms with Gasteiger partial charge >= 0.3 is 0 Å². The van der Waals surface area contributed by atoms with Crippen LogP contribution in [0, 0.1) is 17.2 Å². The summed E-state index contributed by atoms with van der Waals surface area (Å²) in [6, 6.07) is 8.95. The number of rotatable bonds is 6. The first-order valence-electron chi connectivity index (χ1n) is 9.84. The second-order valence-electron chi connectivity index (χ2n) is 7.24. The van der Waals surface area contributed by atoms with Gasteiger partial charge in [-0.05, 0) is 31.0 Å². The molecule has 1 amide bonds. The minimum atomic E-state index is -0.0430. The molecule has 0 unspecified atom stereocenters. The number of pyridine rings is 2. The second-order valence-corrected chi connectivity index (χ2v) is 7.24. The molecule has 3 heterocycles.